The number of aryl methyl sites for hydroxylation is 1. The molecule has 0 amide bonds. The maximum Gasteiger partial charge on any atom is 0.0812 e. The maximum atomic E-state index is 4.14. The van der Waals surface area contributed by atoms with Crippen LogP contribution < -0.4 is 0 Å². The van der Waals surface area contributed by atoms with Crippen LogP contribution in [0, 0.1) is 0 Å². The van der Waals surface area contributed by atoms with E-state index in [1.165, 1.54) is 28.0 Å². The minimum absolute atomic E-state index is 1.10. The lowest BCUT2D eigenvalue weighted by molar-refractivity contribution is 0.920. The van der Waals surface area contributed by atoms with Crippen molar-refractivity contribution in [2.24, 2.45) is 0 Å². The highest BCUT2D eigenvalue weighted by molar-refractivity contribution is 7.98. The molecule has 0 aliphatic rings. The number of thiazole rings is 1. The molecule has 0 unspecified atom stereocenters. The Morgan fingerprint density at radius 2 is 1.80 bits per heavy atom. The van der Waals surface area contributed by atoms with E-state index in [2.05, 4.69) is 48.5 Å². The summed E-state index contributed by atoms with van der Waals surface area (Å²) in [6.45, 7) is 2.21. The molecule has 104 valence electrons. The summed E-state index contributed by atoms with van der Waals surface area (Å²) in [6, 6.07) is 16.9. The van der Waals surface area contributed by atoms with E-state index in [0.717, 1.165) is 5.52 Å². The Morgan fingerprint density at radius 3 is 2.45 bits per heavy atom. The second-order valence-electron chi connectivity index (χ2n) is 4.42. The van der Waals surface area contributed by atoms with Gasteiger partial charge in [-0.1, -0.05) is 37.6 Å². The first-order valence-electron chi connectivity index (χ1n) is 6.74. The summed E-state index contributed by atoms with van der Waals surface area (Å²) in [6.07, 6.45) is 4.54. The SMILES string of the molecule is CCCc1ccc(SC)cc1.c1ccc2scnc2c1. The fraction of sp³-hybridized carbons (Fsp3) is 0.235. The Balaban J connectivity index is 0.000000149. The number of fused-ring (bicyclic) bond motifs is 1. The van der Waals surface area contributed by atoms with Gasteiger partial charge in [0.15, 0.2) is 0 Å². The Kier molecular flexibility index (Phi) is 6.09. The maximum absolute atomic E-state index is 4.14. The van der Waals surface area contributed by atoms with Crippen molar-refractivity contribution in [3.63, 3.8) is 0 Å². The van der Waals surface area contributed by atoms with Crippen LogP contribution in [0.3, 0.4) is 0 Å². The molecule has 0 aliphatic heterocycles. The Bertz CT molecular complexity index is 599. The summed E-state index contributed by atoms with van der Waals surface area (Å²) in [4.78, 5) is 5.49. The zero-order valence-corrected chi connectivity index (χ0v) is 13.5. The van der Waals surface area contributed by atoms with Gasteiger partial charge in [-0.2, -0.15) is 0 Å². The van der Waals surface area contributed by atoms with Gasteiger partial charge < -0.3 is 0 Å². The van der Waals surface area contributed by atoms with Crippen molar-refractivity contribution in [1.29, 1.82) is 0 Å². The molecule has 2 aromatic carbocycles. The highest BCUT2D eigenvalue weighted by atomic mass is 32.2. The van der Waals surface area contributed by atoms with Crippen molar-refractivity contribution in [3.05, 3.63) is 59.6 Å². The fourth-order valence-corrected chi connectivity index (χ4v) is 2.97. The lowest BCUT2D eigenvalue weighted by Crippen LogP contribution is -1.81. The first kappa shape index (κ1) is 15.1. The van der Waals surface area contributed by atoms with E-state index in [9.17, 15) is 0 Å². The van der Waals surface area contributed by atoms with E-state index < -0.39 is 0 Å². The molecule has 0 saturated carbocycles. The average Bonchev–Trinajstić information content (AvgIpc) is 2.97. The van der Waals surface area contributed by atoms with E-state index in [1.807, 2.05) is 23.7 Å². The molecular weight excluding hydrogens is 282 g/mol. The van der Waals surface area contributed by atoms with Crippen LogP contribution in [-0.2, 0) is 6.42 Å². The number of rotatable bonds is 3. The Hall–Kier alpha value is -1.32. The fourth-order valence-electron chi connectivity index (χ4n) is 1.88. The largest absolute Gasteiger partial charge is 0.245 e. The van der Waals surface area contributed by atoms with E-state index in [1.54, 1.807) is 23.1 Å². The monoisotopic (exact) mass is 301 g/mol. The standard InChI is InChI=1S/C10H14S.C7H5NS/c1-3-4-9-5-7-10(11-2)8-6-9;1-2-4-7-6(3-1)8-5-9-7/h5-8H,3-4H2,1-2H3;1-5H. The first-order valence-corrected chi connectivity index (χ1v) is 8.85. The summed E-state index contributed by atoms with van der Waals surface area (Å²) in [5.74, 6) is 0. The number of hydrogen-bond acceptors (Lipinski definition) is 3. The molecule has 1 heterocycles. The number of aromatic nitrogens is 1. The molecule has 0 aliphatic carbocycles. The molecule has 3 heteroatoms. The van der Waals surface area contributed by atoms with Gasteiger partial charge in [-0.3, -0.25) is 0 Å². The van der Waals surface area contributed by atoms with Crippen LogP contribution in [-0.4, -0.2) is 11.2 Å². The molecule has 1 aromatic heterocycles. The smallest absolute Gasteiger partial charge is 0.0812 e. The van der Waals surface area contributed by atoms with Gasteiger partial charge >= 0.3 is 0 Å². The van der Waals surface area contributed by atoms with Gasteiger partial charge in [-0.05, 0) is 42.5 Å². The molecular formula is C17H19NS2. The van der Waals surface area contributed by atoms with Crippen molar-refractivity contribution in [2.75, 3.05) is 6.26 Å². The van der Waals surface area contributed by atoms with Crippen molar-refractivity contribution < 1.29 is 0 Å². The number of para-hydroxylation sites is 1. The lowest BCUT2D eigenvalue weighted by atomic mass is 10.1. The minimum Gasteiger partial charge on any atom is -0.245 e. The van der Waals surface area contributed by atoms with Crippen molar-refractivity contribution in [2.45, 2.75) is 24.7 Å². The predicted octanol–water partition coefficient (Wildman–Crippen LogP) is 5.66. The molecule has 0 fully saturated rings. The van der Waals surface area contributed by atoms with Gasteiger partial charge in [-0.15, -0.1) is 23.1 Å². The van der Waals surface area contributed by atoms with Crippen LogP contribution in [0.25, 0.3) is 10.2 Å². The molecule has 0 atom stereocenters. The minimum atomic E-state index is 1.10. The second-order valence-corrected chi connectivity index (χ2v) is 6.18. The number of nitrogens with zero attached hydrogens (tertiary/aromatic N) is 1. The van der Waals surface area contributed by atoms with Gasteiger partial charge in [0.25, 0.3) is 0 Å². The molecule has 3 aromatic rings. The van der Waals surface area contributed by atoms with Crippen LogP contribution in [0.4, 0.5) is 0 Å². The predicted molar refractivity (Wildman–Crippen MR) is 91.8 cm³/mol. The zero-order chi connectivity index (χ0) is 14.2. The summed E-state index contributed by atoms with van der Waals surface area (Å²) >= 11 is 3.47. The zero-order valence-electron chi connectivity index (χ0n) is 11.9. The summed E-state index contributed by atoms with van der Waals surface area (Å²) < 4.78 is 1.26. The van der Waals surface area contributed by atoms with Gasteiger partial charge in [0.05, 0.1) is 15.7 Å². The molecule has 0 N–H and O–H groups in total. The van der Waals surface area contributed by atoms with Crippen molar-refractivity contribution in [1.82, 2.24) is 4.98 Å². The van der Waals surface area contributed by atoms with E-state index in [-0.39, 0.29) is 0 Å². The summed E-state index contributed by atoms with van der Waals surface area (Å²) in [7, 11) is 0. The van der Waals surface area contributed by atoms with E-state index >= 15 is 0 Å². The molecule has 0 radical (unpaired) electrons. The third-order valence-corrected chi connectivity index (χ3v) is 4.49. The molecule has 0 saturated heterocycles. The Morgan fingerprint density at radius 1 is 1.05 bits per heavy atom. The quantitative estimate of drug-likeness (QED) is 0.579. The molecule has 3 rings (SSSR count). The topological polar surface area (TPSA) is 12.9 Å². The van der Waals surface area contributed by atoms with Crippen LogP contribution in [0.2, 0.25) is 0 Å². The van der Waals surface area contributed by atoms with Gasteiger partial charge in [0.2, 0.25) is 0 Å². The third kappa shape index (κ3) is 4.36. The second kappa shape index (κ2) is 8.08. The van der Waals surface area contributed by atoms with Crippen LogP contribution in [0.1, 0.15) is 18.9 Å². The summed E-state index contributed by atoms with van der Waals surface area (Å²) in [5.41, 5.74) is 4.41. The number of thioether (sulfide) groups is 1. The van der Waals surface area contributed by atoms with Crippen LogP contribution in [0.15, 0.2) is 58.9 Å². The van der Waals surface area contributed by atoms with Crippen molar-refractivity contribution >= 4 is 33.3 Å². The lowest BCUT2D eigenvalue weighted by Gasteiger charge is -1.99. The number of hydrogen-bond donors (Lipinski definition) is 0. The molecule has 0 bridgehead atoms. The average molecular weight is 301 g/mol. The van der Waals surface area contributed by atoms with Gasteiger partial charge in [0, 0.05) is 4.90 Å². The highest BCUT2D eigenvalue weighted by Crippen LogP contribution is 2.16. The van der Waals surface area contributed by atoms with Gasteiger partial charge in [-0.25, -0.2) is 4.98 Å². The summed E-state index contributed by atoms with van der Waals surface area (Å²) in [5, 5.41) is 0. The van der Waals surface area contributed by atoms with E-state index in [4.69, 9.17) is 0 Å². The molecule has 0 spiro atoms. The van der Waals surface area contributed by atoms with Crippen LogP contribution >= 0.6 is 23.1 Å². The van der Waals surface area contributed by atoms with Crippen molar-refractivity contribution in [3.8, 4) is 0 Å². The van der Waals surface area contributed by atoms with E-state index in [0.29, 0.717) is 0 Å². The molecule has 20 heavy (non-hydrogen) atoms. The third-order valence-electron chi connectivity index (χ3n) is 2.93. The normalized spacial score (nSPS) is 10.1. The first-order chi connectivity index (χ1) is 9.83. The van der Waals surface area contributed by atoms with Crippen LogP contribution in [0.5, 0.6) is 0 Å². The number of benzene rings is 2. The molecule has 1 nitrogen and oxygen atoms in total. The van der Waals surface area contributed by atoms with Gasteiger partial charge in [0.1, 0.15) is 0 Å². The highest BCUT2D eigenvalue weighted by Gasteiger charge is 1.91. The Labute approximate surface area is 129 Å².